The van der Waals surface area contributed by atoms with Crippen LogP contribution < -0.4 is 4.74 Å². The first-order chi connectivity index (χ1) is 11.2. The Morgan fingerprint density at radius 2 is 2.22 bits per heavy atom. The molecule has 0 N–H and O–H groups in total. The standard InChI is InChI=1S/C16H20N4O2S/c1-12-9-23-14(19-12)8-20-10-16(11-20)7-13(3-6-21-16)22-15-17-4-2-5-18-15/h2,4-5,9,13H,3,6-8,10-11H2,1H3/t13-/m0/s1. The van der Waals surface area contributed by atoms with Gasteiger partial charge in [0.25, 0.3) is 0 Å². The van der Waals surface area contributed by atoms with Crippen molar-refractivity contribution in [3.8, 4) is 6.01 Å². The number of rotatable bonds is 4. The number of hydrogen-bond donors (Lipinski definition) is 0. The highest BCUT2D eigenvalue weighted by atomic mass is 32.1. The minimum absolute atomic E-state index is 0.0655. The maximum atomic E-state index is 6.06. The van der Waals surface area contributed by atoms with Crippen molar-refractivity contribution in [3.05, 3.63) is 34.5 Å². The lowest BCUT2D eigenvalue weighted by Crippen LogP contribution is -2.65. The summed E-state index contributed by atoms with van der Waals surface area (Å²) < 4.78 is 12.0. The zero-order valence-electron chi connectivity index (χ0n) is 13.1. The van der Waals surface area contributed by atoms with Crippen molar-refractivity contribution in [1.29, 1.82) is 0 Å². The van der Waals surface area contributed by atoms with Crippen LogP contribution in [0.3, 0.4) is 0 Å². The predicted octanol–water partition coefficient (Wildman–Crippen LogP) is 2.05. The monoisotopic (exact) mass is 332 g/mol. The van der Waals surface area contributed by atoms with E-state index in [1.165, 1.54) is 5.01 Å². The van der Waals surface area contributed by atoms with Crippen molar-refractivity contribution < 1.29 is 9.47 Å². The van der Waals surface area contributed by atoms with E-state index in [-0.39, 0.29) is 11.7 Å². The molecular weight excluding hydrogens is 312 g/mol. The minimum atomic E-state index is -0.0655. The fourth-order valence-corrected chi connectivity index (χ4v) is 4.16. The topological polar surface area (TPSA) is 60.4 Å². The maximum Gasteiger partial charge on any atom is 0.316 e. The summed E-state index contributed by atoms with van der Waals surface area (Å²) >= 11 is 1.73. The van der Waals surface area contributed by atoms with Gasteiger partial charge in [0, 0.05) is 49.4 Å². The number of likely N-dealkylation sites (tertiary alicyclic amines) is 1. The number of aromatic nitrogens is 3. The third-order valence-electron chi connectivity index (χ3n) is 4.31. The third kappa shape index (κ3) is 3.36. The summed E-state index contributed by atoms with van der Waals surface area (Å²) in [7, 11) is 0. The Balaban J connectivity index is 1.32. The van der Waals surface area contributed by atoms with Crippen LogP contribution >= 0.6 is 11.3 Å². The first-order valence-electron chi connectivity index (χ1n) is 7.92. The van der Waals surface area contributed by atoms with Crippen molar-refractivity contribution in [2.75, 3.05) is 19.7 Å². The second kappa shape index (κ2) is 6.14. The van der Waals surface area contributed by atoms with Crippen molar-refractivity contribution in [2.24, 2.45) is 0 Å². The molecule has 4 heterocycles. The molecule has 2 aliphatic heterocycles. The number of thiazole rings is 1. The van der Waals surface area contributed by atoms with E-state index in [9.17, 15) is 0 Å². The van der Waals surface area contributed by atoms with Crippen LogP contribution in [0, 0.1) is 6.92 Å². The van der Waals surface area contributed by atoms with Crippen molar-refractivity contribution >= 4 is 11.3 Å². The average molecular weight is 332 g/mol. The highest BCUT2D eigenvalue weighted by Gasteiger charge is 2.48. The van der Waals surface area contributed by atoms with Gasteiger partial charge in [-0.15, -0.1) is 11.3 Å². The Kier molecular flexibility index (Phi) is 4.00. The van der Waals surface area contributed by atoms with Gasteiger partial charge in [0.2, 0.25) is 0 Å². The summed E-state index contributed by atoms with van der Waals surface area (Å²) in [6.45, 7) is 5.58. The van der Waals surface area contributed by atoms with E-state index >= 15 is 0 Å². The molecule has 4 rings (SSSR count). The molecule has 0 radical (unpaired) electrons. The summed E-state index contributed by atoms with van der Waals surface area (Å²) in [6, 6.07) is 2.26. The summed E-state index contributed by atoms with van der Waals surface area (Å²) in [5.41, 5.74) is 1.04. The van der Waals surface area contributed by atoms with Crippen molar-refractivity contribution in [1.82, 2.24) is 19.9 Å². The largest absolute Gasteiger partial charge is 0.460 e. The van der Waals surface area contributed by atoms with E-state index in [0.717, 1.165) is 44.8 Å². The normalized spacial score (nSPS) is 23.6. The molecule has 7 heteroatoms. The second-order valence-corrected chi connectivity index (χ2v) is 7.27. The highest BCUT2D eigenvalue weighted by molar-refractivity contribution is 7.09. The van der Waals surface area contributed by atoms with Gasteiger partial charge < -0.3 is 9.47 Å². The van der Waals surface area contributed by atoms with E-state index in [1.54, 1.807) is 29.8 Å². The smallest absolute Gasteiger partial charge is 0.316 e. The minimum Gasteiger partial charge on any atom is -0.460 e. The molecule has 0 aromatic carbocycles. The lowest BCUT2D eigenvalue weighted by molar-refractivity contribution is -0.188. The fourth-order valence-electron chi connectivity index (χ4n) is 3.35. The Morgan fingerprint density at radius 3 is 2.96 bits per heavy atom. The maximum absolute atomic E-state index is 6.06. The van der Waals surface area contributed by atoms with Crippen LogP contribution in [-0.4, -0.2) is 51.3 Å². The van der Waals surface area contributed by atoms with Crippen molar-refractivity contribution in [3.63, 3.8) is 0 Å². The lowest BCUT2D eigenvalue weighted by atomic mass is 9.85. The summed E-state index contributed by atoms with van der Waals surface area (Å²) in [5, 5.41) is 3.28. The predicted molar refractivity (Wildman–Crippen MR) is 86.5 cm³/mol. The van der Waals surface area contributed by atoms with Gasteiger partial charge in [-0.25, -0.2) is 15.0 Å². The van der Waals surface area contributed by atoms with E-state index in [1.807, 2.05) is 6.92 Å². The molecule has 2 aromatic heterocycles. The molecule has 23 heavy (non-hydrogen) atoms. The second-order valence-electron chi connectivity index (χ2n) is 6.32. The molecule has 2 saturated heterocycles. The van der Waals surface area contributed by atoms with E-state index < -0.39 is 0 Å². The van der Waals surface area contributed by atoms with Crippen LogP contribution in [0.1, 0.15) is 23.5 Å². The molecule has 2 aliphatic rings. The van der Waals surface area contributed by atoms with Crippen molar-refractivity contribution in [2.45, 2.75) is 38.0 Å². The molecule has 1 spiro atoms. The molecule has 0 bridgehead atoms. The molecule has 2 fully saturated rings. The van der Waals surface area contributed by atoms with E-state index in [0.29, 0.717) is 6.01 Å². The molecule has 2 aromatic rings. The zero-order chi connectivity index (χ0) is 15.7. The Labute approximate surface area is 139 Å². The summed E-state index contributed by atoms with van der Waals surface area (Å²) in [4.78, 5) is 15.2. The first kappa shape index (κ1) is 15.0. The van der Waals surface area contributed by atoms with Crippen LogP contribution in [-0.2, 0) is 11.3 Å². The number of aryl methyl sites for hydroxylation is 1. The summed E-state index contributed by atoms with van der Waals surface area (Å²) in [6.07, 6.45) is 5.34. The van der Waals surface area contributed by atoms with Gasteiger partial charge in [0.15, 0.2) is 0 Å². The molecule has 0 amide bonds. The molecular formula is C16H20N4O2S. The number of ether oxygens (including phenoxy) is 2. The molecule has 122 valence electrons. The number of nitrogens with zero attached hydrogens (tertiary/aromatic N) is 4. The van der Waals surface area contributed by atoms with Gasteiger partial charge in [0.1, 0.15) is 11.1 Å². The lowest BCUT2D eigenvalue weighted by Gasteiger charge is -2.52. The van der Waals surface area contributed by atoms with Crippen LogP contribution in [0.4, 0.5) is 0 Å². The Hall–Kier alpha value is -1.57. The van der Waals surface area contributed by atoms with Gasteiger partial charge in [-0.05, 0) is 13.0 Å². The first-order valence-corrected chi connectivity index (χ1v) is 8.80. The molecule has 1 atom stereocenters. The molecule has 6 nitrogen and oxygen atoms in total. The van der Waals surface area contributed by atoms with Crippen LogP contribution in [0.25, 0.3) is 0 Å². The van der Waals surface area contributed by atoms with Gasteiger partial charge in [-0.1, -0.05) is 0 Å². The number of hydrogen-bond acceptors (Lipinski definition) is 7. The van der Waals surface area contributed by atoms with E-state index in [4.69, 9.17) is 9.47 Å². The van der Waals surface area contributed by atoms with Gasteiger partial charge in [0.05, 0.1) is 18.8 Å². The Morgan fingerprint density at radius 1 is 1.39 bits per heavy atom. The van der Waals surface area contributed by atoms with Crippen LogP contribution in [0.2, 0.25) is 0 Å². The van der Waals surface area contributed by atoms with Crippen LogP contribution in [0.5, 0.6) is 6.01 Å². The van der Waals surface area contributed by atoms with Crippen LogP contribution in [0.15, 0.2) is 23.8 Å². The fraction of sp³-hybridized carbons (Fsp3) is 0.562. The zero-order valence-corrected chi connectivity index (χ0v) is 14.0. The molecule has 0 unspecified atom stereocenters. The summed E-state index contributed by atoms with van der Waals surface area (Å²) in [5.74, 6) is 0. The Bertz CT molecular complexity index is 657. The van der Waals surface area contributed by atoms with E-state index in [2.05, 4.69) is 25.2 Å². The highest BCUT2D eigenvalue weighted by Crippen LogP contribution is 2.36. The van der Waals surface area contributed by atoms with Gasteiger partial charge in [-0.2, -0.15) is 0 Å². The average Bonchev–Trinajstić information content (AvgIpc) is 2.92. The third-order valence-corrected chi connectivity index (χ3v) is 5.26. The molecule has 0 saturated carbocycles. The molecule has 0 aliphatic carbocycles. The quantitative estimate of drug-likeness (QED) is 0.854. The SMILES string of the molecule is Cc1csc(CN2CC3(C[C@@H](Oc4ncccn4)CCO3)C2)n1. The van der Waals surface area contributed by atoms with Gasteiger partial charge >= 0.3 is 6.01 Å². The van der Waals surface area contributed by atoms with Gasteiger partial charge in [-0.3, -0.25) is 4.90 Å².